The van der Waals surface area contributed by atoms with Crippen LogP contribution in [0.1, 0.15) is 28.3 Å². The van der Waals surface area contributed by atoms with Crippen LogP contribution in [-0.4, -0.2) is 30.1 Å². The smallest absolute Gasteiger partial charge is 0.338 e. The Morgan fingerprint density at radius 2 is 1.93 bits per heavy atom. The fourth-order valence-corrected chi connectivity index (χ4v) is 3.02. The molecule has 138 valence electrons. The van der Waals surface area contributed by atoms with Gasteiger partial charge >= 0.3 is 5.97 Å². The Morgan fingerprint density at radius 1 is 1.11 bits per heavy atom. The van der Waals surface area contributed by atoms with Crippen LogP contribution in [0.4, 0.5) is 8.78 Å². The first-order valence-electron chi connectivity index (χ1n) is 8.66. The normalized spacial score (nSPS) is 17.5. The van der Waals surface area contributed by atoms with Crippen molar-refractivity contribution in [3.63, 3.8) is 0 Å². The molecule has 1 saturated carbocycles. The molecule has 2 aromatic carbocycles. The summed E-state index contributed by atoms with van der Waals surface area (Å²) in [7, 11) is 0. The highest BCUT2D eigenvalue weighted by Crippen LogP contribution is 2.55. The average Bonchev–Trinajstić information content (AvgIpc) is 3.33. The molecule has 1 aliphatic rings. The maximum atomic E-state index is 13.2. The van der Waals surface area contributed by atoms with E-state index in [0.29, 0.717) is 11.3 Å². The van der Waals surface area contributed by atoms with Gasteiger partial charge in [-0.2, -0.15) is 0 Å². The van der Waals surface area contributed by atoms with Crippen LogP contribution in [0.25, 0.3) is 10.9 Å². The summed E-state index contributed by atoms with van der Waals surface area (Å²) in [6, 6.07) is 15.6. The molecule has 0 saturated heterocycles. The number of esters is 1. The van der Waals surface area contributed by atoms with Crippen molar-refractivity contribution in [2.24, 2.45) is 0 Å². The van der Waals surface area contributed by atoms with Gasteiger partial charge in [0.1, 0.15) is 19.0 Å². The molecule has 1 heterocycles. The molecule has 0 spiro atoms. The number of para-hydroxylation sites is 1. The van der Waals surface area contributed by atoms with Crippen molar-refractivity contribution in [1.29, 1.82) is 0 Å². The third kappa shape index (κ3) is 3.74. The van der Waals surface area contributed by atoms with Crippen LogP contribution in [-0.2, 0) is 4.74 Å². The number of hydrogen-bond donors (Lipinski definition) is 0. The van der Waals surface area contributed by atoms with E-state index in [4.69, 9.17) is 9.47 Å². The molecule has 27 heavy (non-hydrogen) atoms. The predicted octanol–water partition coefficient (Wildman–Crippen LogP) is 4.59. The van der Waals surface area contributed by atoms with Gasteiger partial charge in [0.15, 0.2) is 0 Å². The fraction of sp³-hybridized carbons (Fsp3) is 0.238. The van der Waals surface area contributed by atoms with E-state index in [1.807, 2.05) is 24.3 Å². The van der Waals surface area contributed by atoms with Gasteiger partial charge < -0.3 is 9.47 Å². The third-order valence-corrected chi connectivity index (χ3v) is 4.53. The van der Waals surface area contributed by atoms with Gasteiger partial charge in [0.2, 0.25) is 0 Å². The van der Waals surface area contributed by atoms with Crippen LogP contribution < -0.4 is 4.74 Å². The minimum Gasteiger partial charge on any atom is -0.489 e. The van der Waals surface area contributed by atoms with E-state index < -0.39 is 17.8 Å². The van der Waals surface area contributed by atoms with Crippen molar-refractivity contribution < 1.29 is 23.0 Å². The zero-order valence-electron chi connectivity index (χ0n) is 14.4. The quantitative estimate of drug-likeness (QED) is 0.471. The Balaban J connectivity index is 1.33. The summed E-state index contributed by atoms with van der Waals surface area (Å²) in [6.45, 7) is 0.236. The maximum Gasteiger partial charge on any atom is 0.338 e. The van der Waals surface area contributed by atoms with Crippen LogP contribution in [0, 0.1) is 0 Å². The molecule has 0 amide bonds. The van der Waals surface area contributed by atoms with Gasteiger partial charge in [-0.15, -0.1) is 0 Å². The summed E-state index contributed by atoms with van der Waals surface area (Å²) in [5.74, 6) is -3.35. The zero-order chi connectivity index (χ0) is 18.9. The first-order chi connectivity index (χ1) is 13.0. The van der Waals surface area contributed by atoms with Gasteiger partial charge in [0.05, 0.1) is 17.0 Å². The Kier molecular flexibility index (Phi) is 4.48. The summed E-state index contributed by atoms with van der Waals surface area (Å²) in [5.41, 5.74) is 1.55. The number of carbonyl (C=O) groups is 1. The second-order valence-corrected chi connectivity index (χ2v) is 6.45. The molecule has 1 aromatic heterocycles. The number of hydrogen-bond acceptors (Lipinski definition) is 4. The number of benzene rings is 2. The van der Waals surface area contributed by atoms with E-state index >= 15 is 0 Å². The van der Waals surface area contributed by atoms with Gasteiger partial charge in [-0.05, 0) is 35.9 Å². The van der Waals surface area contributed by atoms with Crippen LogP contribution in [0.15, 0.2) is 60.8 Å². The van der Waals surface area contributed by atoms with Crippen molar-refractivity contribution >= 4 is 16.9 Å². The van der Waals surface area contributed by atoms with E-state index in [1.54, 1.807) is 30.5 Å². The molecule has 1 aliphatic carbocycles. The van der Waals surface area contributed by atoms with Crippen LogP contribution in [0.2, 0.25) is 0 Å². The number of rotatable bonds is 6. The topological polar surface area (TPSA) is 48.4 Å². The van der Waals surface area contributed by atoms with Crippen LogP contribution in [0.5, 0.6) is 5.75 Å². The van der Waals surface area contributed by atoms with Crippen molar-refractivity contribution in [3.05, 3.63) is 71.9 Å². The van der Waals surface area contributed by atoms with Gasteiger partial charge in [0.25, 0.3) is 5.92 Å². The van der Waals surface area contributed by atoms with E-state index in [-0.39, 0.29) is 25.2 Å². The maximum absolute atomic E-state index is 13.2. The van der Waals surface area contributed by atoms with E-state index in [2.05, 4.69) is 4.98 Å². The molecule has 6 heteroatoms. The largest absolute Gasteiger partial charge is 0.489 e. The Morgan fingerprint density at radius 3 is 2.74 bits per heavy atom. The number of halogens is 2. The van der Waals surface area contributed by atoms with E-state index in [0.717, 1.165) is 10.9 Å². The summed E-state index contributed by atoms with van der Waals surface area (Å²) < 4.78 is 37.3. The number of nitrogens with zero attached hydrogens (tertiary/aromatic N) is 1. The SMILES string of the molecule is O=C(OCCOc1ccnc2ccccc12)c1cccc(C2CC2(F)F)c1. The third-order valence-electron chi connectivity index (χ3n) is 4.53. The Labute approximate surface area is 154 Å². The van der Waals surface area contributed by atoms with Gasteiger partial charge in [-0.3, -0.25) is 4.98 Å². The molecule has 4 rings (SSSR count). The Bertz CT molecular complexity index is 985. The van der Waals surface area contributed by atoms with Gasteiger partial charge in [0, 0.05) is 18.0 Å². The molecule has 0 radical (unpaired) electrons. The molecule has 4 nitrogen and oxygen atoms in total. The minimum absolute atomic E-state index is 0.0549. The number of aromatic nitrogens is 1. The highest BCUT2D eigenvalue weighted by molar-refractivity contribution is 5.89. The summed E-state index contributed by atoms with van der Waals surface area (Å²) in [5, 5.41) is 0.879. The van der Waals surface area contributed by atoms with Gasteiger partial charge in [-0.25, -0.2) is 13.6 Å². The number of pyridine rings is 1. The molecular weight excluding hydrogens is 352 g/mol. The fourth-order valence-electron chi connectivity index (χ4n) is 3.02. The monoisotopic (exact) mass is 369 g/mol. The van der Waals surface area contributed by atoms with Gasteiger partial charge in [-0.1, -0.05) is 24.3 Å². The van der Waals surface area contributed by atoms with Crippen LogP contribution in [0.3, 0.4) is 0 Å². The summed E-state index contributed by atoms with van der Waals surface area (Å²) >= 11 is 0. The molecule has 0 N–H and O–H groups in total. The van der Waals surface area contributed by atoms with Crippen LogP contribution >= 0.6 is 0 Å². The average molecular weight is 369 g/mol. The second kappa shape index (κ2) is 6.95. The number of ether oxygens (including phenoxy) is 2. The van der Waals surface area contributed by atoms with Crippen molar-refractivity contribution in [2.75, 3.05) is 13.2 Å². The first kappa shape index (κ1) is 17.4. The lowest BCUT2D eigenvalue weighted by Gasteiger charge is -2.10. The molecule has 1 atom stereocenters. The first-order valence-corrected chi connectivity index (χ1v) is 8.66. The van der Waals surface area contributed by atoms with Crippen molar-refractivity contribution in [2.45, 2.75) is 18.3 Å². The minimum atomic E-state index is -2.66. The van der Waals surface area contributed by atoms with Crippen molar-refractivity contribution in [3.8, 4) is 5.75 Å². The summed E-state index contributed by atoms with van der Waals surface area (Å²) in [6.07, 6.45) is 1.49. The molecule has 1 fully saturated rings. The zero-order valence-corrected chi connectivity index (χ0v) is 14.4. The van der Waals surface area contributed by atoms with Crippen molar-refractivity contribution in [1.82, 2.24) is 4.98 Å². The predicted molar refractivity (Wildman–Crippen MR) is 96.3 cm³/mol. The number of fused-ring (bicyclic) bond motifs is 1. The molecule has 1 unspecified atom stereocenters. The lowest BCUT2D eigenvalue weighted by atomic mass is 10.1. The highest BCUT2D eigenvalue weighted by atomic mass is 19.3. The molecule has 0 aliphatic heterocycles. The standard InChI is InChI=1S/C21H17F2NO3/c22-21(23)13-17(21)14-4-3-5-15(12-14)20(25)27-11-10-26-19-8-9-24-18-7-2-1-6-16(18)19/h1-9,12,17H,10-11,13H2. The number of carbonyl (C=O) groups excluding carboxylic acids is 1. The van der Waals surface area contributed by atoms with E-state index in [1.165, 1.54) is 6.07 Å². The molecular formula is C21H17F2NO3. The highest BCUT2D eigenvalue weighted by Gasteiger charge is 2.57. The summed E-state index contributed by atoms with van der Waals surface area (Å²) in [4.78, 5) is 16.4. The van der Waals surface area contributed by atoms with E-state index in [9.17, 15) is 13.6 Å². The second-order valence-electron chi connectivity index (χ2n) is 6.45. The lowest BCUT2D eigenvalue weighted by Crippen LogP contribution is -2.12. The lowest BCUT2D eigenvalue weighted by molar-refractivity contribution is 0.0451. The number of alkyl halides is 2. The molecule has 0 bridgehead atoms. The Hall–Kier alpha value is -3.02. The molecule has 3 aromatic rings.